The average molecular weight is 321 g/mol. The van der Waals surface area contributed by atoms with E-state index in [2.05, 4.69) is 10.4 Å². The zero-order valence-electron chi connectivity index (χ0n) is 13.0. The largest absolute Gasteiger partial charge is 0.445 e. The van der Waals surface area contributed by atoms with E-state index in [0.29, 0.717) is 12.0 Å². The van der Waals surface area contributed by atoms with E-state index in [1.54, 1.807) is 19.1 Å². The number of carbonyl (C=O) groups is 2. The van der Waals surface area contributed by atoms with Gasteiger partial charge in [-0.2, -0.15) is 0 Å². The molecule has 0 bridgehead atoms. The molecule has 6 heteroatoms. The SMILES string of the molecule is CC1(C(=O)Nn2cnc3ccccc32)Cc2ccccc2C(=O)O1. The summed E-state index contributed by atoms with van der Waals surface area (Å²) in [5, 5.41) is 0. The Labute approximate surface area is 138 Å². The Morgan fingerprint density at radius 1 is 1.21 bits per heavy atom. The van der Waals surface area contributed by atoms with Crippen LogP contribution in [-0.4, -0.2) is 27.1 Å². The van der Waals surface area contributed by atoms with Crippen molar-refractivity contribution in [3.63, 3.8) is 0 Å². The van der Waals surface area contributed by atoms with Crippen LogP contribution in [0.3, 0.4) is 0 Å². The molecule has 1 aliphatic heterocycles. The summed E-state index contributed by atoms with van der Waals surface area (Å²) in [6.07, 6.45) is 1.86. The topological polar surface area (TPSA) is 73.2 Å². The molecule has 0 saturated heterocycles. The Kier molecular flexibility index (Phi) is 3.13. The number of imidazole rings is 1. The van der Waals surface area contributed by atoms with Crippen molar-refractivity contribution in [1.29, 1.82) is 0 Å². The third kappa shape index (κ3) is 2.23. The van der Waals surface area contributed by atoms with E-state index >= 15 is 0 Å². The number of fused-ring (bicyclic) bond motifs is 2. The van der Waals surface area contributed by atoms with Crippen LogP contribution in [0.4, 0.5) is 0 Å². The van der Waals surface area contributed by atoms with Crippen molar-refractivity contribution in [3.8, 4) is 0 Å². The molecule has 1 amide bonds. The number of carbonyl (C=O) groups excluding carboxylic acids is 2. The molecular formula is C18H15N3O3. The smallest absolute Gasteiger partial charge is 0.339 e. The lowest BCUT2D eigenvalue weighted by molar-refractivity contribution is -0.135. The Hall–Kier alpha value is -3.15. The Morgan fingerprint density at radius 2 is 1.96 bits per heavy atom. The molecular weight excluding hydrogens is 306 g/mol. The third-order valence-corrected chi connectivity index (χ3v) is 4.24. The van der Waals surface area contributed by atoms with Gasteiger partial charge in [-0.3, -0.25) is 10.2 Å². The highest BCUT2D eigenvalue weighted by Crippen LogP contribution is 2.28. The fourth-order valence-electron chi connectivity index (χ4n) is 2.94. The predicted molar refractivity (Wildman–Crippen MR) is 88.1 cm³/mol. The monoisotopic (exact) mass is 321 g/mol. The molecule has 0 fully saturated rings. The molecule has 0 radical (unpaired) electrons. The number of nitrogens with zero attached hydrogens (tertiary/aromatic N) is 2. The van der Waals surface area contributed by atoms with E-state index in [0.717, 1.165) is 16.6 Å². The summed E-state index contributed by atoms with van der Waals surface area (Å²) in [6.45, 7) is 1.62. The van der Waals surface area contributed by atoms with Crippen molar-refractivity contribution in [3.05, 3.63) is 66.0 Å². The maximum Gasteiger partial charge on any atom is 0.339 e. The minimum Gasteiger partial charge on any atom is -0.445 e. The lowest BCUT2D eigenvalue weighted by Crippen LogP contribution is -2.50. The maximum atomic E-state index is 12.7. The van der Waals surface area contributed by atoms with E-state index in [4.69, 9.17) is 4.74 Å². The Morgan fingerprint density at radius 3 is 2.83 bits per heavy atom. The Bertz CT molecular complexity index is 963. The highest BCUT2D eigenvalue weighted by atomic mass is 16.6. The number of hydrogen-bond donors (Lipinski definition) is 1. The molecule has 6 nitrogen and oxygen atoms in total. The summed E-state index contributed by atoms with van der Waals surface area (Å²) in [5.74, 6) is -0.876. The number of aromatic nitrogens is 2. The Balaban J connectivity index is 1.64. The van der Waals surface area contributed by atoms with Gasteiger partial charge in [0, 0.05) is 6.42 Å². The fraction of sp³-hybridized carbons (Fsp3) is 0.167. The molecule has 3 aromatic rings. The molecule has 0 spiro atoms. The third-order valence-electron chi connectivity index (χ3n) is 4.24. The molecule has 2 heterocycles. The summed E-state index contributed by atoms with van der Waals surface area (Å²) in [5.41, 5.74) is 4.36. The van der Waals surface area contributed by atoms with E-state index in [1.165, 1.54) is 11.0 Å². The number of ether oxygens (including phenoxy) is 1. The van der Waals surface area contributed by atoms with Crippen LogP contribution < -0.4 is 5.43 Å². The van der Waals surface area contributed by atoms with Crippen molar-refractivity contribution in [2.45, 2.75) is 18.9 Å². The first-order valence-electron chi connectivity index (χ1n) is 7.62. The standard InChI is InChI=1S/C18H15N3O3/c1-18(10-12-6-2-3-7-13(12)16(22)24-18)17(23)20-21-11-19-14-8-4-5-9-15(14)21/h2-9,11H,10H2,1H3,(H,20,23). The molecule has 1 aliphatic rings. The predicted octanol–water partition coefficient (Wildman–Crippen LogP) is 2.28. The van der Waals surface area contributed by atoms with E-state index in [-0.39, 0.29) is 0 Å². The van der Waals surface area contributed by atoms with Gasteiger partial charge in [-0.1, -0.05) is 30.3 Å². The summed E-state index contributed by atoms with van der Waals surface area (Å²) in [6, 6.07) is 14.6. The minimum atomic E-state index is -1.27. The maximum absolute atomic E-state index is 12.7. The first-order chi connectivity index (χ1) is 11.6. The van der Waals surface area contributed by atoms with E-state index < -0.39 is 17.5 Å². The highest BCUT2D eigenvalue weighted by Gasteiger charge is 2.42. The average Bonchev–Trinajstić information content (AvgIpc) is 2.98. The van der Waals surface area contributed by atoms with Gasteiger partial charge in [0.15, 0.2) is 5.60 Å². The first kappa shape index (κ1) is 14.4. The van der Waals surface area contributed by atoms with Crippen molar-refractivity contribution in [1.82, 2.24) is 9.66 Å². The van der Waals surface area contributed by atoms with E-state index in [9.17, 15) is 9.59 Å². The van der Waals surface area contributed by atoms with Gasteiger partial charge >= 0.3 is 5.97 Å². The van der Waals surface area contributed by atoms with Gasteiger partial charge in [0.25, 0.3) is 5.91 Å². The summed E-state index contributed by atoms with van der Waals surface area (Å²) in [7, 11) is 0. The molecule has 0 aliphatic carbocycles. The summed E-state index contributed by atoms with van der Waals surface area (Å²) in [4.78, 5) is 29.2. The van der Waals surface area contributed by atoms with Crippen molar-refractivity contribution < 1.29 is 14.3 Å². The molecule has 120 valence electrons. The van der Waals surface area contributed by atoms with Crippen LogP contribution in [0, 0.1) is 0 Å². The van der Waals surface area contributed by atoms with Gasteiger partial charge in [0.1, 0.15) is 6.33 Å². The van der Waals surface area contributed by atoms with Crippen LogP contribution in [-0.2, 0) is 16.0 Å². The van der Waals surface area contributed by atoms with Crippen LogP contribution in [0.5, 0.6) is 0 Å². The van der Waals surface area contributed by atoms with Crippen LogP contribution in [0.15, 0.2) is 54.9 Å². The number of esters is 1. The number of rotatable bonds is 2. The van der Waals surface area contributed by atoms with Crippen LogP contribution in [0.25, 0.3) is 11.0 Å². The van der Waals surface area contributed by atoms with Crippen LogP contribution >= 0.6 is 0 Å². The number of cyclic esters (lactones) is 1. The highest BCUT2D eigenvalue weighted by molar-refractivity contribution is 6.00. The molecule has 1 unspecified atom stereocenters. The second-order valence-corrected chi connectivity index (χ2v) is 6.00. The van der Waals surface area contributed by atoms with Gasteiger partial charge in [-0.15, -0.1) is 0 Å². The quantitative estimate of drug-likeness (QED) is 0.735. The molecule has 0 saturated carbocycles. The first-order valence-corrected chi connectivity index (χ1v) is 7.62. The second kappa shape index (κ2) is 5.19. The zero-order chi connectivity index (χ0) is 16.7. The normalized spacial score (nSPS) is 19.6. The van der Waals surface area contributed by atoms with Crippen molar-refractivity contribution >= 4 is 22.9 Å². The second-order valence-electron chi connectivity index (χ2n) is 6.00. The van der Waals surface area contributed by atoms with Crippen LogP contribution in [0.1, 0.15) is 22.8 Å². The lowest BCUT2D eigenvalue weighted by Gasteiger charge is -2.33. The van der Waals surface area contributed by atoms with Gasteiger partial charge in [-0.05, 0) is 30.7 Å². The van der Waals surface area contributed by atoms with Gasteiger partial charge < -0.3 is 4.74 Å². The van der Waals surface area contributed by atoms with Crippen molar-refractivity contribution in [2.75, 3.05) is 5.43 Å². The molecule has 1 aromatic heterocycles. The van der Waals surface area contributed by atoms with Gasteiger partial charge in [-0.25, -0.2) is 14.5 Å². The fourth-order valence-corrected chi connectivity index (χ4v) is 2.94. The van der Waals surface area contributed by atoms with E-state index in [1.807, 2.05) is 36.4 Å². The van der Waals surface area contributed by atoms with Gasteiger partial charge in [0.05, 0.1) is 16.6 Å². The number of nitrogens with one attached hydrogen (secondary N) is 1. The summed E-state index contributed by atoms with van der Waals surface area (Å²) >= 11 is 0. The number of amides is 1. The number of para-hydroxylation sites is 2. The molecule has 1 atom stereocenters. The number of benzene rings is 2. The van der Waals surface area contributed by atoms with Crippen LogP contribution in [0.2, 0.25) is 0 Å². The summed E-state index contributed by atoms with van der Waals surface area (Å²) < 4.78 is 6.98. The van der Waals surface area contributed by atoms with Crippen molar-refractivity contribution in [2.24, 2.45) is 0 Å². The lowest BCUT2D eigenvalue weighted by atomic mass is 9.89. The number of hydrogen-bond acceptors (Lipinski definition) is 4. The molecule has 4 rings (SSSR count). The molecule has 1 N–H and O–H groups in total. The van der Waals surface area contributed by atoms with Gasteiger partial charge in [0.2, 0.25) is 0 Å². The minimum absolute atomic E-state index is 0.327. The zero-order valence-corrected chi connectivity index (χ0v) is 13.0. The molecule has 2 aromatic carbocycles. The molecule has 24 heavy (non-hydrogen) atoms.